The largest absolute Gasteiger partial charge is 0.465 e. The van der Waals surface area contributed by atoms with E-state index >= 15 is 0 Å². The Morgan fingerprint density at radius 2 is 2.25 bits per heavy atom. The van der Waals surface area contributed by atoms with Crippen LogP contribution in [-0.2, 0) is 4.74 Å². The van der Waals surface area contributed by atoms with Gasteiger partial charge < -0.3 is 15.4 Å². The number of methoxy groups -OCH3 is 1. The fraction of sp³-hybridized carbons (Fsp3) is 0.562. The fourth-order valence-corrected chi connectivity index (χ4v) is 2.77. The number of esters is 1. The minimum atomic E-state index is -0.295. The van der Waals surface area contributed by atoms with Crippen molar-refractivity contribution in [3.63, 3.8) is 0 Å². The summed E-state index contributed by atoms with van der Waals surface area (Å²) >= 11 is 0. The van der Waals surface area contributed by atoms with Gasteiger partial charge in [-0.25, -0.2) is 4.79 Å². The maximum Gasteiger partial charge on any atom is 0.339 e. The molecule has 1 fully saturated rings. The summed E-state index contributed by atoms with van der Waals surface area (Å²) in [6.07, 6.45) is 4.90. The maximum absolute atomic E-state index is 11.7. The first-order valence-corrected chi connectivity index (χ1v) is 7.38. The number of carbonyl (C=O) groups excluding carboxylic acids is 1. The average molecular weight is 276 g/mol. The molecule has 0 aliphatic carbocycles. The summed E-state index contributed by atoms with van der Waals surface area (Å²) in [6.45, 7) is 3.28. The van der Waals surface area contributed by atoms with Crippen LogP contribution in [0, 0.1) is 0 Å². The van der Waals surface area contributed by atoms with Gasteiger partial charge in [-0.05, 0) is 44.9 Å². The van der Waals surface area contributed by atoms with Crippen LogP contribution >= 0.6 is 0 Å². The number of nitrogens with one attached hydrogen (secondary N) is 2. The minimum absolute atomic E-state index is 0.295. The number of hydrogen-bond acceptors (Lipinski definition) is 4. The first-order chi connectivity index (χ1) is 9.70. The van der Waals surface area contributed by atoms with Crippen LogP contribution in [0.1, 0.15) is 43.0 Å². The first kappa shape index (κ1) is 14.9. The molecule has 0 saturated carbocycles. The molecule has 0 spiro atoms. The molecule has 2 rings (SSSR count). The Morgan fingerprint density at radius 3 is 2.95 bits per heavy atom. The third-order valence-corrected chi connectivity index (χ3v) is 3.78. The predicted molar refractivity (Wildman–Crippen MR) is 81.1 cm³/mol. The third kappa shape index (κ3) is 3.97. The lowest BCUT2D eigenvalue weighted by Crippen LogP contribution is -2.37. The number of para-hydroxylation sites is 1. The highest BCUT2D eigenvalue weighted by atomic mass is 16.5. The second-order valence-corrected chi connectivity index (χ2v) is 5.47. The molecular formula is C16H24N2O2. The topological polar surface area (TPSA) is 50.4 Å². The molecule has 1 heterocycles. The van der Waals surface area contributed by atoms with E-state index in [0.29, 0.717) is 17.6 Å². The van der Waals surface area contributed by atoms with Crippen LogP contribution in [0.3, 0.4) is 0 Å². The van der Waals surface area contributed by atoms with Crippen LogP contribution in [-0.4, -0.2) is 31.7 Å². The molecule has 1 aliphatic rings. The number of anilines is 1. The number of rotatable bonds is 5. The van der Waals surface area contributed by atoms with Gasteiger partial charge in [-0.15, -0.1) is 0 Å². The van der Waals surface area contributed by atoms with Crippen LogP contribution in [0.5, 0.6) is 0 Å². The van der Waals surface area contributed by atoms with E-state index in [1.54, 1.807) is 6.07 Å². The molecule has 0 amide bonds. The standard InChI is InChI=1S/C16H24N2O2/c1-12(11-13-7-5-6-10-17-13)18-15-9-4-3-8-14(15)16(19)20-2/h3-4,8-9,12-13,17-18H,5-7,10-11H2,1-2H3. The molecule has 0 radical (unpaired) electrons. The van der Waals surface area contributed by atoms with Crippen molar-refractivity contribution in [3.8, 4) is 0 Å². The van der Waals surface area contributed by atoms with Gasteiger partial charge in [-0.1, -0.05) is 18.6 Å². The highest BCUT2D eigenvalue weighted by Gasteiger charge is 2.17. The average Bonchev–Trinajstić information content (AvgIpc) is 2.48. The number of piperidine rings is 1. The van der Waals surface area contributed by atoms with Crippen LogP contribution in [0.4, 0.5) is 5.69 Å². The van der Waals surface area contributed by atoms with Gasteiger partial charge in [-0.2, -0.15) is 0 Å². The van der Waals surface area contributed by atoms with E-state index in [1.165, 1.54) is 26.4 Å². The molecule has 1 aromatic carbocycles. The molecular weight excluding hydrogens is 252 g/mol. The van der Waals surface area contributed by atoms with Crippen molar-refractivity contribution in [2.45, 2.75) is 44.7 Å². The fourth-order valence-electron chi connectivity index (χ4n) is 2.77. The van der Waals surface area contributed by atoms with E-state index < -0.39 is 0 Å². The normalized spacial score (nSPS) is 20.2. The summed E-state index contributed by atoms with van der Waals surface area (Å²) in [5, 5.41) is 6.98. The van der Waals surface area contributed by atoms with Gasteiger partial charge in [0, 0.05) is 17.8 Å². The van der Waals surface area contributed by atoms with Crippen LogP contribution in [0.25, 0.3) is 0 Å². The molecule has 2 atom stereocenters. The highest BCUT2D eigenvalue weighted by Crippen LogP contribution is 2.19. The van der Waals surface area contributed by atoms with Crippen molar-refractivity contribution in [2.75, 3.05) is 19.0 Å². The zero-order valence-electron chi connectivity index (χ0n) is 12.3. The Labute approximate surface area is 120 Å². The van der Waals surface area contributed by atoms with E-state index in [9.17, 15) is 4.79 Å². The lowest BCUT2D eigenvalue weighted by Gasteiger charge is -2.27. The zero-order chi connectivity index (χ0) is 14.4. The van der Waals surface area contributed by atoms with Crippen molar-refractivity contribution < 1.29 is 9.53 Å². The number of benzene rings is 1. The van der Waals surface area contributed by atoms with Crippen molar-refractivity contribution in [3.05, 3.63) is 29.8 Å². The van der Waals surface area contributed by atoms with E-state index in [1.807, 2.05) is 18.2 Å². The van der Waals surface area contributed by atoms with Gasteiger partial charge in [0.1, 0.15) is 0 Å². The Morgan fingerprint density at radius 1 is 1.45 bits per heavy atom. The van der Waals surface area contributed by atoms with Crippen molar-refractivity contribution in [1.82, 2.24) is 5.32 Å². The first-order valence-electron chi connectivity index (χ1n) is 7.38. The van der Waals surface area contributed by atoms with Gasteiger partial charge in [0.25, 0.3) is 0 Å². The summed E-state index contributed by atoms with van der Waals surface area (Å²) in [5.74, 6) is -0.295. The van der Waals surface area contributed by atoms with Gasteiger partial charge in [0.05, 0.1) is 12.7 Å². The molecule has 2 N–H and O–H groups in total. The van der Waals surface area contributed by atoms with E-state index in [2.05, 4.69) is 17.6 Å². The summed E-state index contributed by atoms with van der Waals surface area (Å²) < 4.78 is 4.82. The molecule has 0 bridgehead atoms. The Hall–Kier alpha value is -1.55. The monoisotopic (exact) mass is 276 g/mol. The minimum Gasteiger partial charge on any atom is -0.465 e. The predicted octanol–water partition coefficient (Wildman–Crippen LogP) is 2.81. The smallest absolute Gasteiger partial charge is 0.339 e. The van der Waals surface area contributed by atoms with E-state index in [0.717, 1.165) is 18.7 Å². The summed E-state index contributed by atoms with van der Waals surface area (Å²) in [7, 11) is 1.41. The molecule has 1 aromatic rings. The van der Waals surface area contributed by atoms with Crippen LogP contribution in [0.2, 0.25) is 0 Å². The lowest BCUT2D eigenvalue weighted by atomic mass is 9.98. The highest BCUT2D eigenvalue weighted by molar-refractivity contribution is 5.95. The second kappa shape index (κ2) is 7.29. The summed E-state index contributed by atoms with van der Waals surface area (Å²) in [4.78, 5) is 11.7. The Balaban J connectivity index is 1.96. The van der Waals surface area contributed by atoms with Gasteiger partial charge in [0.2, 0.25) is 0 Å². The molecule has 4 nitrogen and oxygen atoms in total. The molecule has 1 saturated heterocycles. The molecule has 4 heteroatoms. The summed E-state index contributed by atoms with van der Waals surface area (Å²) in [6, 6.07) is 8.40. The number of hydrogen-bond donors (Lipinski definition) is 2. The number of ether oxygens (including phenoxy) is 1. The maximum atomic E-state index is 11.7. The summed E-state index contributed by atoms with van der Waals surface area (Å²) in [5.41, 5.74) is 1.45. The zero-order valence-corrected chi connectivity index (χ0v) is 12.3. The van der Waals surface area contributed by atoms with Crippen molar-refractivity contribution in [2.24, 2.45) is 0 Å². The quantitative estimate of drug-likeness (QED) is 0.812. The van der Waals surface area contributed by atoms with E-state index in [-0.39, 0.29) is 5.97 Å². The van der Waals surface area contributed by atoms with Gasteiger partial charge >= 0.3 is 5.97 Å². The molecule has 2 unspecified atom stereocenters. The molecule has 1 aliphatic heterocycles. The SMILES string of the molecule is COC(=O)c1ccccc1NC(C)CC1CCCCN1. The van der Waals surface area contributed by atoms with Crippen LogP contribution in [0.15, 0.2) is 24.3 Å². The van der Waals surface area contributed by atoms with Gasteiger partial charge in [-0.3, -0.25) is 0 Å². The molecule has 20 heavy (non-hydrogen) atoms. The van der Waals surface area contributed by atoms with Crippen LogP contribution < -0.4 is 10.6 Å². The lowest BCUT2D eigenvalue weighted by molar-refractivity contribution is 0.0602. The Kier molecular flexibility index (Phi) is 5.41. The van der Waals surface area contributed by atoms with Crippen molar-refractivity contribution >= 4 is 11.7 Å². The van der Waals surface area contributed by atoms with Crippen molar-refractivity contribution in [1.29, 1.82) is 0 Å². The Bertz CT molecular complexity index is 442. The van der Waals surface area contributed by atoms with E-state index in [4.69, 9.17) is 4.74 Å². The molecule has 110 valence electrons. The second-order valence-electron chi connectivity index (χ2n) is 5.47. The number of carbonyl (C=O) groups is 1. The van der Waals surface area contributed by atoms with Gasteiger partial charge in [0.15, 0.2) is 0 Å². The molecule has 0 aromatic heterocycles. The third-order valence-electron chi connectivity index (χ3n) is 3.78.